The van der Waals surface area contributed by atoms with Crippen LogP contribution in [0.3, 0.4) is 0 Å². The number of nitrogens with one attached hydrogen (secondary N) is 1. The van der Waals surface area contributed by atoms with Gasteiger partial charge in [-0.15, -0.1) is 11.8 Å². The van der Waals surface area contributed by atoms with Crippen molar-refractivity contribution >= 4 is 28.8 Å². The van der Waals surface area contributed by atoms with E-state index in [9.17, 15) is 4.79 Å². The highest BCUT2D eigenvalue weighted by molar-refractivity contribution is 8.00. The van der Waals surface area contributed by atoms with Gasteiger partial charge in [0.1, 0.15) is 5.60 Å². The molecular formula is C22H24N2O2S. The van der Waals surface area contributed by atoms with Gasteiger partial charge in [-0.05, 0) is 32.4 Å². The van der Waals surface area contributed by atoms with Gasteiger partial charge in [0.25, 0.3) is 0 Å². The third-order valence-corrected chi connectivity index (χ3v) is 5.80. The zero-order valence-electron chi connectivity index (χ0n) is 15.9. The van der Waals surface area contributed by atoms with E-state index in [2.05, 4.69) is 53.5 Å². The number of rotatable bonds is 3. The number of ether oxygens (including phenoxy) is 1. The molecule has 1 N–H and O–H groups in total. The summed E-state index contributed by atoms with van der Waals surface area (Å²) in [7, 11) is 0. The van der Waals surface area contributed by atoms with Crippen LogP contribution in [0.1, 0.15) is 20.8 Å². The predicted molar refractivity (Wildman–Crippen MR) is 111 cm³/mol. The second-order valence-corrected chi connectivity index (χ2v) is 9.18. The van der Waals surface area contributed by atoms with Crippen LogP contribution in [0.5, 0.6) is 0 Å². The van der Waals surface area contributed by atoms with Crippen molar-refractivity contribution in [1.82, 2.24) is 9.88 Å². The molecule has 0 atom stereocenters. The van der Waals surface area contributed by atoms with Gasteiger partial charge >= 0.3 is 6.09 Å². The molecule has 0 radical (unpaired) electrons. The number of thioether (sulfide) groups is 1. The normalized spacial score (nSPS) is 15.0. The van der Waals surface area contributed by atoms with Gasteiger partial charge in [0.15, 0.2) is 0 Å². The van der Waals surface area contributed by atoms with Crippen molar-refractivity contribution in [3.63, 3.8) is 0 Å². The van der Waals surface area contributed by atoms with E-state index < -0.39 is 5.60 Å². The highest BCUT2D eigenvalue weighted by Gasteiger charge is 2.35. The third kappa shape index (κ3) is 3.83. The lowest BCUT2D eigenvalue weighted by molar-refractivity contribution is 0.0144. The second-order valence-electron chi connectivity index (χ2n) is 7.87. The fourth-order valence-corrected chi connectivity index (χ4v) is 4.64. The molecule has 2 aromatic carbocycles. The number of para-hydroxylation sites is 1. The van der Waals surface area contributed by atoms with Crippen LogP contribution in [0, 0.1) is 0 Å². The van der Waals surface area contributed by atoms with Crippen LogP contribution in [0.2, 0.25) is 0 Å². The van der Waals surface area contributed by atoms with Gasteiger partial charge in [0.05, 0.1) is 5.69 Å². The highest BCUT2D eigenvalue weighted by atomic mass is 32.2. The average molecular weight is 381 g/mol. The Bertz CT molecular complexity index is 953. The minimum Gasteiger partial charge on any atom is -0.444 e. The van der Waals surface area contributed by atoms with Crippen molar-refractivity contribution in [3.8, 4) is 11.3 Å². The molecule has 0 aliphatic carbocycles. The quantitative estimate of drug-likeness (QED) is 0.648. The van der Waals surface area contributed by atoms with Crippen LogP contribution in [0.4, 0.5) is 4.79 Å². The summed E-state index contributed by atoms with van der Waals surface area (Å²) >= 11 is 1.85. The SMILES string of the molecule is CC(C)(C)OC(=O)N1CC(Sc2c(-c3ccccc3)[nH]c3ccccc23)C1. The Labute approximate surface area is 163 Å². The van der Waals surface area contributed by atoms with Crippen LogP contribution >= 0.6 is 11.8 Å². The molecule has 1 aliphatic rings. The fraction of sp³-hybridized carbons (Fsp3) is 0.318. The molecule has 0 unspecified atom stereocenters. The Morgan fingerprint density at radius 3 is 2.44 bits per heavy atom. The van der Waals surface area contributed by atoms with Crippen molar-refractivity contribution in [2.75, 3.05) is 13.1 Å². The van der Waals surface area contributed by atoms with Gasteiger partial charge in [-0.1, -0.05) is 48.5 Å². The van der Waals surface area contributed by atoms with Crippen LogP contribution in [0.15, 0.2) is 59.5 Å². The zero-order chi connectivity index (χ0) is 19.0. The second kappa shape index (κ2) is 6.97. The first-order valence-corrected chi connectivity index (χ1v) is 10.1. The van der Waals surface area contributed by atoms with Gasteiger partial charge in [-0.25, -0.2) is 4.79 Å². The number of aromatic amines is 1. The van der Waals surface area contributed by atoms with Crippen molar-refractivity contribution in [1.29, 1.82) is 0 Å². The average Bonchev–Trinajstić information content (AvgIpc) is 2.95. The molecular weight excluding hydrogens is 356 g/mol. The molecule has 140 valence electrons. The topological polar surface area (TPSA) is 45.3 Å². The van der Waals surface area contributed by atoms with E-state index in [4.69, 9.17) is 4.74 Å². The summed E-state index contributed by atoms with van der Waals surface area (Å²) in [6.45, 7) is 7.12. The first-order chi connectivity index (χ1) is 12.9. The summed E-state index contributed by atoms with van der Waals surface area (Å²) in [5.41, 5.74) is 3.02. The summed E-state index contributed by atoms with van der Waals surface area (Å²) < 4.78 is 5.46. The number of carbonyl (C=O) groups excluding carboxylic acids is 1. The number of aromatic nitrogens is 1. The molecule has 0 spiro atoms. The van der Waals surface area contributed by atoms with Crippen LogP contribution in [-0.2, 0) is 4.74 Å². The number of nitrogens with zero attached hydrogens (tertiary/aromatic N) is 1. The molecule has 1 aliphatic heterocycles. The maximum Gasteiger partial charge on any atom is 0.410 e. The first kappa shape index (κ1) is 18.0. The first-order valence-electron chi connectivity index (χ1n) is 9.21. The monoisotopic (exact) mass is 380 g/mol. The number of fused-ring (bicyclic) bond motifs is 1. The predicted octanol–water partition coefficient (Wildman–Crippen LogP) is 5.55. The van der Waals surface area contributed by atoms with Gasteiger partial charge in [0.2, 0.25) is 0 Å². The molecule has 4 nitrogen and oxygen atoms in total. The lowest BCUT2D eigenvalue weighted by atomic mass is 10.1. The Morgan fingerprint density at radius 1 is 1.07 bits per heavy atom. The lowest BCUT2D eigenvalue weighted by Crippen LogP contribution is -2.53. The molecule has 0 saturated carbocycles. The van der Waals surface area contributed by atoms with E-state index in [0.717, 1.165) is 11.2 Å². The van der Waals surface area contributed by atoms with E-state index in [1.54, 1.807) is 4.90 Å². The van der Waals surface area contributed by atoms with Crippen LogP contribution in [-0.4, -0.2) is 39.9 Å². The maximum atomic E-state index is 12.2. The Hall–Kier alpha value is -2.40. The van der Waals surface area contributed by atoms with Crippen LogP contribution < -0.4 is 0 Å². The molecule has 1 aromatic heterocycles. The van der Waals surface area contributed by atoms with Crippen molar-refractivity contribution in [2.24, 2.45) is 0 Å². The number of hydrogen-bond acceptors (Lipinski definition) is 3. The van der Waals surface area contributed by atoms with Gasteiger partial charge < -0.3 is 14.6 Å². The van der Waals surface area contributed by atoms with Gasteiger partial charge in [-0.3, -0.25) is 0 Å². The minimum absolute atomic E-state index is 0.221. The van der Waals surface area contributed by atoms with E-state index in [1.165, 1.54) is 15.8 Å². The number of carbonyl (C=O) groups is 1. The fourth-order valence-electron chi connectivity index (χ4n) is 3.20. The molecule has 27 heavy (non-hydrogen) atoms. The standard InChI is InChI=1S/C22H24N2O2S/c1-22(2,3)26-21(25)24-13-16(14-24)27-20-17-11-7-8-12-18(17)23-19(20)15-9-5-4-6-10-15/h4-12,16,23H,13-14H2,1-3H3. The maximum absolute atomic E-state index is 12.2. The van der Waals surface area contributed by atoms with E-state index in [1.807, 2.05) is 38.6 Å². The number of likely N-dealkylation sites (tertiary alicyclic amines) is 1. The van der Waals surface area contributed by atoms with Crippen molar-refractivity contribution in [2.45, 2.75) is 36.5 Å². The van der Waals surface area contributed by atoms with Crippen molar-refractivity contribution < 1.29 is 9.53 Å². The Balaban J connectivity index is 1.54. The largest absolute Gasteiger partial charge is 0.444 e. The van der Waals surface area contributed by atoms with Crippen molar-refractivity contribution in [3.05, 3.63) is 54.6 Å². The molecule has 3 aromatic rings. The summed E-state index contributed by atoms with van der Waals surface area (Å²) in [5.74, 6) is 0. The number of hydrogen-bond donors (Lipinski definition) is 1. The molecule has 1 saturated heterocycles. The van der Waals surface area contributed by atoms with Crippen LogP contribution in [0.25, 0.3) is 22.2 Å². The lowest BCUT2D eigenvalue weighted by Gasteiger charge is -2.39. The van der Waals surface area contributed by atoms with Gasteiger partial charge in [-0.2, -0.15) is 0 Å². The summed E-state index contributed by atoms with van der Waals surface area (Å²) in [6, 6.07) is 18.8. The number of amides is 1. The molecule has 4 rings (SSSR count). The molecule has 1 fully saturated rings. The Kier molecular flexibility index (Phi) is 4.64. The van der Waals surface area contributed by atoms with E-state index in [0.29, 0.717) is 18.3 Å². The van der Waals surface area contributed by atoms with E-state index in [-0.39, 0.29) is 6.09 Å². The highest BCUT2D eigenvalue weighted by Crippen LogP contribution is 2.41. The summed E-state index contributed by atoms with van der Waals surface area (Å²) in [5, 5.41) is 1.61. The summed E-state index contributed by atoms with van der Waals surface area (Å²) in [4.78, 5) is 18.8. The van der Waals surface area contributed by atoms with Gasteiger partial charge in [0, 0.05) is 34.1 Å². The molecule has 5 heteroatoms. The Morgan fingerprint density at radius 2 is 1.74 bits per heavy atom. The number of benzene rings is 2. The summed E-state index contributed by atoms with van der Waals surface area (Å²) in [6.07, 6.45) is -0.221. The minimum atomic E-state index is -0.452. The molecule has 0 bridgehead atoms. The molecule has 1 amide bonds. The number of H-pyrrole nitrogens is 1. The smallest absolute Gasteiger partial charge is 0.410 e. The zero-order valence-corrected chi connectivity index (χ0v) is 16.7. The van der Waals surface area contributed by atoms with E-state index >= 15 is 0 Å². The molecule has 2 heterocycles. The third-order valence-electron chi connectivity index (χ3n) is 4.51.